The van der Waals surface area contributed by atoms with Gasteiger partial charge in [0.15, 0.2) is 0 Å². The summed E-state index contributed by atoms with van der Waals surface area (Å²) in [6.07, 6.45) is 2.66. The van der Waals surface area contributed by atoms with E-state index in [1.165, 1.54) is 0 Å². The molecule has 1 aliphatic heterocycles. The first-order valence-electron chi connectivity index (χ1n) is 5.03. The van der Waals surface area contributed by atoms with Gasteiger partial charge in [-0.2, -0.15) is 5.10 Å². The summed E-state index contributed by atoms with van der Waals surface area (Å²) in [6, 6.07) is 0. The van der Waals surface area contributed by atoms with Crippen LogP contribution in [0, 0.1) is 5.41 Å². The second kappa shape index (κ2) is 5.59. The van der Waals surface area contributed by atoms with Crippen LogP contribution in [0.25, 0.3) is 0 Å². The van der Waals surface area contributed by atoms with Crippen LogP contribution >= 0.6 is 0 Å². The molecule has 1 saturated heterocycles. The molecule has 5 nitrogen and oxygen atoms in total. The van der Waals surface area contributed by atoms with E-state index in [1.807, 2.05) is 11.8 Å². The Labute approximate surface area is 85.3 Å². The number of nitrogens with one attached hydrogen (secondary N) is 2. The van der Waals surface area contributed by atoms with Crippen molar-refractivity contribution in [3.8, 4) is 0 Å². The molecule has 0 aromatic heterocycles. The van der Waals surface area contributed by atoms with E-state index in [0.29, 0.717) is 5.96 Å². The number of hydrogen-bond donors (Lipinski definition) is 2. The summed E-state index contributed by atoms with van der Waals surface area (Å²) in [5.41, 5.74) is 2.73. The molecule has 0 aliphatic carbocycles. The van der Waals surface area contributed by atoms with Gasteiger partial charge in [-0.15, -0.1) is 0 Å². The van der Waals surface area contributed by atoms with Crippen LogP contribution in [0.1, 0.15) is 13.3 Å². The van der Waals surface area contributed by atoms with Crippen molar-refractivity contribution in [2.45, 2.75) is 13.3 Å². The van der Waals surface area contributed by atoms with Crippen LogP contribution in [0.4, 0.5) is 0 Å². The van der Waals surface area contributed by atoms with Crippen molar-refractivity contribution in [2.24, 2.45) is 5.10 Å². The first kappa shape index (κ1) is 11.0. The fourth-order valence-electron chi connectivity index (χ4n) is 1.30. The van der Waals surface area contributed by atoms with Gasteiger partial charge in [0, 0.05) is 32.4 Å². The van der Waals surface area contributed by atoms with Crippen LogP contribution in [0.15, 0.2) is 5.10 Å². The van der Waals surface area contributed by atoms with E-state index < -0.39 is 0 Å². The summed E-state index contributed by atoms with van der Waals surface area (Å²) < 4.78 is 0. The first-order chi connectivity index (χ1) is 6.74. The van der Waals surface area contributed by atoms with E-state index in [0.717, 1.165) is 32.6 Å². The SMILES string of the molecule is CC/C=N/NC(=N)N1CCN(C)CC1. The Hall–Kier alpha value is -1.10. The monoisotopic (exact) mass is 197 g/mol. The van der Waals surface area contributed by atoms with E-state index in [4.69, 9.17) is 5.41 Å². The Morgan fingerprint density at radius 2 is 2.07 bits per heavy atom. The molecule has 2 N–H and O–H groups in total. The molecule has 80 valence electrons. The minimum Gasteiger partial charge on any atom is -0.339 e. The van der Waals surface area contributed by atoms with Gasteiger partial charge in [-0.25, -0.2) is 5.43 Å². The highest BCUT2D eigenvalue weighted by Crippen LogP contribution is 1.97. The summed E-state index contributed by atoms with van der Waals surface area (Å²) in [7, 11) is 2.10. The minimum absolute atomic E-state index is 0.405. The molecule has 0 radical (unpaired) electrons. The van der Waals surface area contributed by atoms with Crippen LogP contribution in [-0.2, 0) is 0 Å². The highest BCUT2D eigenvalue weighted by Gasteiger charge is 2.15. The van der Waals surface area contributed by atoms with Gasteiger partial charge in [0.1, 0.15) is 0 Å². The topological polar surface area (TPSA) is 54.7 Å². The Balaban J connectivity index is 2.27. The molecule has 0 atom stereocenters. The van der Waals surface area contributed by atoms with E-state index in [9.17, 15) is 0 Å². The third-order valence-corrected chi connectivity index (χ3v) is 2.26. The van der Waals surface area contributed by atoms with Crippen molar-refractivity contribution in [1.29, 1.82) is 5.41 Å². The molecule has 14 heavy (non-hydrogen) atoms. The standard InChI is InChI=1S/C9H19N5/c1-3-4-11-12-9(10)14-7-5-13(2)6-8-14/h4H,3,5-8H2,1-2H3,(H2,10,12)/b11-4+. The second-order valence-electron chi connectivity index (χ2n) is 3.47. The number of hydrazone groups is 1. The number of likely N-dealkylation sites (N-methyl/N-ethyl adjacent to an activating group) is 1. The average Bonchev–Trinajstić information content (AvgIpc) is 2.19. The van der Waals surface area contributed by atoms with E-state index in [-0.39, 0.29) is 0 Å². The van der Waals surface area contributed by atoms with E-state index in [1.54, 1.807) is 6.21 Å². The third kappa shape index (κ3) is 3.33. The number of nitrogens with zero attached hydrogens (tertiary/aromatic N) is 3. The Morgan fingerprint density at radius 1 is 1.43 bits per heavy atom. The molecule has 5 heteroatoms. The maximum atomic E-state index is 7.71. The van der Waals surface area contributed by atoms with E-state index in [2.05, 4.69) is 22.5 Å². The summed E-state index contributed by atoms with van der Waals surface area (Å²) >= 11 is 0. The lowest BCUT2D eigenvalue weighted by molar-refractivity contribution is 0.211. The zero-order valence-electron chi connectivity index (χ0n) is 8.95. The Morgan fingerprint density at radius 3 is 2.64 bits per heavy atom. The molecule has 1 rings (SSSR count). The van der Waals surface area contributed by atoms with Gasteiger partial charge >= 0.3 is 0 Å². The smallest absolute Gasteiger partial charge is 0.211 e. The second-order valence-corrected chi connectivity index (χ2v) is 3.47. The minimum atomic E-state index is 0.405. The lowest BCUT2D eigenvalue weighted by Gasteiger charge is -2.33. The van der Waals surface area contributed by atoms with Gasteiger partial charge in [-0.05, 0) is 13.5 Å². The Kier molecular flexibility index (Phi) is 4.39. The third-order valence-electron chi connectivity index (χ3n) is 2.26. The molecule has 0 saturated carbocycles. The molecular weight excluding hydrogens is 178 g/mol. The van der Waals surface area contributed by atoms with Gasteiger partial charge in [-0.3, -0.25) is 5.41 Å². The first-order valence-corrected chi connectivity index (χ1v) is 5.03. The molecule has 0 aromatic carbocycles. The van der Waals surface area contributed by atoms with Gasteiger partial charge in [0.05, 0.1) is 0 Å². The van der Waals surface area contributed by atoms with Crippen LogP contribution in [0.5, 0.6) is 0 Å². The van der Waals surface area contributed by atoms with Crippen molar-refractivity contribution < 1.29 is 0 Å². The predicted molar refractivity (Wildman–Crippen MR) is 58.7 cm³/mol. The van der Waals surface area contributed by atoms with Crippen LogP contribution in [0.3, 0.4) is 0 Å². The van der Waals surface area contributed by atoms with Gasteiger partial charge in [0.25, 0.3) is 0 Å². The number of guanidine groups is 1. The number of rotatable bonds is 2. The molecule has 1 aliphatic rings. The molecule has 0 amide bonds. The van der Waals surface area contributed by atoms with Crippen molar-refractivity contribution >= 4 is 12.2 Å². The van der Waals surface area contributed by atoms with Crippen LogP contribution in [0.2, 0.25) is 0 Å². The maximum absolute atomic E-state index is 7.71. The molecule has 1 fully saturated rings. The van der Waals surface area contributed by atoms with Gasteiger partial charge in [-0.1, -0.05) is 6.92 Å². The number of piperazine rings is 1. The van der Waals surface area contributed by atoms with Crippen molar-refractivity contribution in [1.82, 2.24) is 15.2 Å². The average molecular weight is 197 g/mol. The largest absolute Gasteiger partial charge is 0.339 e. The molecule has 1 heterocycles. The van der Waals surface area contributed by atoms with Gasteiger partial charge < -0.3 is 9.80 Å². The molecule has 0 unspecified atom stereocenters. The molecule has 0 spiro atoms. The Bertz CT molecular complexity index is 205. The summed E-state index contributed by atoms with van der Waals surface area (Å²) in [6.45, 7) is 5.86. The maximum Gasteiger partial charge on any atom is 0.211 e. The highest BCUT2D eigenvalue weighted by molar-refractivity contribution is 5.77. The van der Waals surface area contributed by atoms with Crippen molar-refractivity contribution in [3.63, 3.8) is 0 Å². The zero-order valence-corrected chi connectivity index (χ0v) is 8.95. The highest BCUT2D eigenvalue weighted by atomic mass is 15.4. The zero-order chi connectivity index (χ0) is 10.4. The van der Waals surface area contributed by atoms with E-state index >= 15 is 0 Å². The van der Waals surface area contributed by atoms with Crippen molar-refractivity contribution in [2.75, 3.05) is 33.2 Å². The fourth-order valence-corrected chi connectivity index (χ4v) is 1.30. The lowest BCUT2D eigenvalue weighted by atomic mass is 10.3. The summed E-state index contributed by atoms with van der Waals surface area (Å²) in [5.74, 6) is 0.405. The van der Waals surface area contributed by atoms with Crippen LogP contribution in [-0.4, -0.2) is 55.2 Å². The summed E-state index contributed by atoms with van der Waals surface area (Å²) in [5, 5.41) is 11.6. The molecule has 0 aromatic rings. The molecular formula is C9H19N5. The quantitative estimate of drug-likeness (QED) is 0.376. The lowest BCUT2D eigenvalue weighted by Crippen LogP contribution is -2.50. The molecule has 0 bridgehead atoms. The predicted octanol–water partition coefficient (Wildman–Crippen LogP) is 0.154. The van der Waals surface area contributed by atoms with Crippen molar-refractivity contribution in [3.05, 3.63) is 0 Å². The van der Waals surface area contributed by atoms with Gasteiger partial charge in [0.2, 0.25) is 5.96 Å². The fraction of sp³-hybridized carbons (Fsp3) is 0.778. The van der Waals surface area contributed by atoms with Crippen LogP contribution < -0.4 is 5.43 Å². The normalized spacial score (nSPS) is 18.9. The number of hydrogen-bond acceptors (Lipinski definition) is 3. The summed E-state index contributed by atoms with van der Waals surface area (Å²) in [4.78, 5) is 4.27.